The minimum atomic E-state index is -0.551. The molecular formula is C17H20FN3O3. The average molecular weight is 333 g/mol. The lowest BCUT2D eigenvalue weighted by molar-refractivity contribution is -0.00302. The third kappa shape index (κ3) is 3.41. The first-order valence-electron chi connectivity index (χ1n) is 7.80. The molecule has 0 spiro atoms. The predicted octanol–water partition coefficient (Wildman–Crippen LogP) is 2.22. The van der Waals surface area contributed by atoms with Gasteiger partial charge >= 0.3 is 0 Å². The number of benzene rings is 1. The Balaban J connectivity index is 1.66. The van der Waals surface area contributed by atoms with Gasteiger partial charge in [-0.3, -0.25) is 4.79 Å². The molecule has 2 unspecified atom stereocenters. The molecule has 128 valence electrons. The van der Waals surface area contributed by atoms with Crippen molar-refractivity contribution in [3.63, 3.8) is 0 Å². The maximum atomic E-state index is 13.7. The number of aryl methyl sites for hydroxylation is 1. The van der Waals surface area contributed by atoms with Crippen LogP contribution in [0.25, 0.3) is 0 Å². The molecule has 1 aliphatic heterocycles. The summed E-state index contributed by atoms with van der Waals surface area (Å²) in [6.45, 7) is 0.553. The Morgan fingerprint density at radius 1 is 1.50 bits per heavy atom. The standard InChI is InChI=1S/C17H20FN3O3/c1-21-10-19-9-14(21)16-8-12(5-6-24-16)20-17(22)11-3-4-15(23-2)13(18)7-11/h3-4,7,9-10,12,16H,5-6,8H2,1-2H3,(H,20,22). The van der Waals surface area contributed by atoms with Gasteiger partial charge in [-0.25, -0.2) is 9.37 Å². The van der Waals surface area contributed by atoms with Crippen LogP contribution in [0.15, 0.2) is 30.7 Å². The molecule has 0 aliphatic carbocycles. The molecule has 0 radical (unpaired) electrons. The second kappa shape index (κ2) is 7.00. The van der Waals surface area contributed by atoms with Gasteiger partial charge in [-0.15, -0.1) is 0 Å². The number of amides is 1. The minimum Gasteiger partial charge on any atom is -0.494 e. The van der Waals surface area contributed by atoms with Gasteiger partial charge in [0.1, 0.15) is 6.10 Å². The number of nitrogens with zero attached hydrogens (tertiary/aromatic N) is 2. The number of carbonyl (C=O) groups is 1. The fourth-order valence-corrected chi connectivity index (χ4v) is 2.89. The van der Waals surface area contributed by atoms with Crippen LogP contribution in [0.1, 0.15) is 35.0 Å². The fourth-order valence-electron chi connectivity index (χ4n) is 2.89. The van der Waals surface area contributed by atoms with Crippen LogP contribution < -0.4 is 10.1 Å². The Labute approximate surface area is 139 Å². The van der Waals surface area contributed by atoms with Gasteiger partial charge in [0.05, 0.1) is 25.3 Å². The molecular weight excluding hydrogens is 313 g/mol. The Bertz CT molecular complexity index is 732. The van der Waals surface area contributed by atoms with Gasteiger partial charge in [-0.1, -0.05) is 0 Å². The summed E-state index contributed by atoms with van der Waals surface area (Å²) >= 11 is 0. The summed E-state index contributed by atoms with van der Waals surface area (Å²) in [5.41, 5.74) is 1.25. The van der Waals surface area contributed by atoms with E-state index in [1.165, 1.54) is 19.2 Å². The monoisotopic (exact) mass is 333 g/mol. The number of methoxy groups -OCH3 is 1. The second-order valence-corrected chi connectivity index (χ2v) is 5.83. The molecule has 24 heavy (non-hydrogen) atoms. The Morgan fingerprint density at radius 2 is 2.33 bits per heavy atom. The zero-order valence-corrected chi connectivity index (χ0v) is 13.7. The predicted molar refractivity (Wildman–Crippen MR) is 85.3 cm³/mol. The van der Waals surface area contributed by atoms with Gasteiger partial charge in [0.2, 0.25) is 0 Å². The molecule has 2 heterocycles. The molecule has 1 aliphatic rings. The molecule has 0 bridgehead atoms. The fraction of sp³-hybridized carbons (Fsp3) is 0.412. The number of nitrogens with one attached hydrogen (secondary N) is 1. The zero-order chi connectivity index (χ0) is 17.1. The van der Waals surface area contributed by atoms with Crippen LogP contribution in [0.5, 0.6) is 5.75 Å². The van der Waals surface area contributed by atoms with Gasteiger partial charge in [0.25, 0.3) is 5.91 Å². The topological polar surface area (TPSA) is 65.4 Å². The number of ether oxygens (including phenoxy) is 2. The molecule has 1 N–H and O–H groups in total. The average Bonchev–Trinajstić information content (AvgIpc) is 3.01. The molecule has 2 aromatic rings. The van der Waals surface area contributed by atoms with Crippen LogP contribution in [0.4, 0.5) is 4.39 Å². The summed E-state index contributed by atoms with van der Waals surface area (Å²) < 4.78 is 26.3. The number of hydrogen-bond acceptors (Lipinski definition) is 4. The Hall–Kier alpha value is -2.41. The molecule has 7 heteroatoms. The smallest absolute Gasteiger partial charge is 0.251 e. The van der Waals surface area contributed by atoms with Crippen molar-refractivity contribution in [2.45, 2.75) is 25.0 Å². The molecule has 1 aromatic carbocycles. The molecule has 2 atom stereocenters. The highest BCUT2D eigenvalue weighted by atomic mass is 19.1. The maximum Gasteiger partial charge on any atom is 0.251 e. The van der Waals surface area contributed by atoms with Crippen LogP contribution in [0, 0.1) is 5.82 Å². The molecule has 1 fully saturated rings. The van der Waals surface area contributed by atoms with Crippen molar-refractivity contribution in [1.29, 1.82) is 0 Å². The van der Waals surface area contributed by atoms with Gasteiger partial charge in [-0.05, 0) is 31.0 Å². The first kappa shape index (κ1) is 16.4. The lowest BCUT2D eigenvalue weighted by Crippen LogP contribution is -2.40. The minimum absolute atomic E-state index is 0.0312. The zero-order valence-electron chi connectivity index (χ0n) is 13.7. The highest BCUT2D eigenvalue weighted by molar-refractivity contribution is 5.94. The highest BCUT2D eigenvalue weighted by Gasteiger charge is 2.27. The second-order valence-electron chi connectivity index (χ2n) is 5.83. The first-order chi connectivity index (χ1) is 11.6. The Morgan fingerprint density at radius 3 is 3.00 bits per heavy atom. The SMILES string of the molecule is COc1ccc(C(=O)NC2CCOC(c3cncn3C)C2)cc1F. The molecule has 1 amide bonds. The van der Waals surface area contributed by atoms with E-state index in [2.05, 4.69) is 10.3 Å². The summed E-state index contributed by atoms with van der Waals surface area (Å²) in [6.07, 6.45) is 4.77. The van der Waals surface area contributed by atoms with E-state index >= 15 is 0 Å². The van der Waals surface area contributed by atoms with Crippen molar-refractivity contribution in [3.8, 4) is 5.75 Å². The van der Waals surface area contributed by atoms with E-state index in [1.807, 2.05) is 11.6 Å². The van der Waals surface area contributed by atoms with Crippen molar-refractivity contribution < 1.29 is 18.7 Å². The summed E-state index contributed by atoms with van der Waals surface area (Å²) in [4.78, 5) is 16.4. The Kier molecular flexibility index (Phi) is 4.80. The van der Waals surface area contributed by atoms with E-state index in [1.54, 1.807) is 18.6 Å². The third-order valence-electron chi connectivity index (χ3n) is 4.22. The summed E-state index contributed by atoms with van der Waals surface area (Å²) in [6, 6.07) is 4.16. The van der Waals surface area contributed by atoms with Crippen molar-refractivity contribution in [3.05, 3.63) is 47.8 Å². The van der Waals surface area contributed by atoms with E-state index in [9.17, 15) is 9.18 Å². The van der Waals surface area contributed by atoms with Gasteiger partial charge in [0, 0.05) is 25.3 Å². The molecule has 3 rings (SSSR count). The highest BCUT2D eigenvalue weighted by Crippen LogP contribution is 2.28. The lowest BCUT2D eigenvalue weighted by Gasteiger charge is -2.30. The molecule has 1 aromatic heterocycles. The van der Waals surface area contributed by atoms with E-state index in [-0.39, 0.29) is 29.4 Å². The van der Waals surface area contributed by atoms with E-state index in [4.69, 9.17) is 9.47 Å². The summed E-state index contributed by atoms with van der Waals surface area (Å²) in [5.74, 6) is -0.731. The quantitative estimate of drug-likeness (QED) is 0.932. The molecule has 6 nitrogen and oxygen atoms in total. The van der Waals surface area contributed by atoms with E-state index in [0.717, 1.165) is 12.1 Å². The normalized spacial score (nSPS) is 20.6. The van der Waals surface area contributed by atoms with Gasteiger partial charge < -0.3 is 19.4 Å². The number of hydrogen-bond donors (Lipinski definition) is 1. The van der Waals surface area contributed by atoms with Crippen LogP contribution in [-0.2, 0) is 11.8 Å². The van der Waals surface area contributed by atoms with Crippen LogP contribution in [-0.4, -0.2) is 35.2 Å². The maximum absolute atomic E-state index is 13.7. The van der Waals surface area contributed by atoms with Crippen molar-refractivity contribution in [1.82, 2.24) is 14.9 Å². The van der Waals surface area contributed by atoms with Gasteiger partial charge in [-0.2, -0.15) is 0 Å². The number of carbonyl (C=O) groups excluding carboxylic acids is 1. The number of imidazole rings is 1. The number of halogens is 1. The largest absolute Gasteiger partial charge is 0.494 e. The summed E-state index contributed by atoms with van der Waals surface area (Å²) in [5, 5.41) is 2.96. The van der Waals surface area contributed by atoms with Crippen LogP contribution in [0.3, 0.4) is 0 Å². The number of aromatic nitrogens is 2. The lowest BCUT2D eigenvalue weighted by atomic mass is 10.0. The van der Waals surface area contributed by atoms with E-state index < -0.39 is 5.82 Å². The first-order valence-corrected chi connectivity index (χ1v) is 7.80. The summed E-state index contributed by atoms with van der Waals surface area (Å²) in [7, 11) is 3.30. The van der Waals surface area contributed by atoms with Crippen LogP contribution in [0.2, 0.25) is 0 Å². The van der Waals surface area contributed by atoms with Crippen molar-refractivity contribution >= 4 is 5.91 Å². The van der Waals surface area contributed by atoms with Crippen molar-refractivity contribution in [2.24, 2.45) is 7.05 Å². The number of rotatable bonds is 4. The third-order valence-corrected chi connectivity index (χ3v) is 4.22. The van der Waals surface area contributed by atoms with Crippen LogP contribution >= 0.6 is 0 Å². The van der Waals surface area contributed by atoms with Gasteiger partial charge in [0.15, 0.2) is 11.6 Å². The molecule has 0 saturated carbocycles. The van der Waals surface area contributed by atoms with E-state index in [0.29, 0.717) is 13.0 Å². The van der Waals surface area contributed by atoms with Crippen molar-refractivity contribution in [2.75, 3.05) is 13.7 Å². The molecule has 1 saturated heterocycles.